The normalized spacial score (nSPS) is 10.4. The topological polar surface area (TPSA) is 70.8 Å². The summed E-state index contributed by atoms with van der Waals surface area (Å²) in [5.74, 6) is 1.32. The van der Waals surface area contributed by atoms with Crippen molar-refractivity contribution in [3.8, 4) is 17.7 Å². The van der Waals surface area contributed by atoms with Crippen molar-refractivity contribution < 1.29 is 4.74 Å². The predicted octanol–water partition coefficient (Wildman–Crippen LogP) is 5.69. The number of rotatable bonds is 4. The Morgan fingerprint density at radius 2 is 1.63 bits per heavy atom. The number of hydrogen-bond acceptors (Lipinski definition) is 5. The lowest BCUT2D eigenvalue weighted by molar-refractivity contribution is 0.469. The van der Waals surface area contributed by atoms with Crippen molar-refractivity contribution in [2.24, 2.45) is 0 Å². The molecule has 0 saturated heterocycles. The molecule has 0 radical (unpaired) electrons. The van der Waals surface area contributed by atoms with Gasteiger partial charge >= 0.3 is 0 Å². The number of nitriles is 1. The Balaban J connectivity index is 1.73. The number of aromatic nitrogens is 2. The number of anilines is 2. The third-order valence-electron chi connectivity index (χ3n) is 3.88. The number of fused-ring (bicyclic) bond motifs is 1. The zero-order valence-electron chi connectivity index (χ0n) is 14.1. The molecular weight excluding hydrogens is 360 g/mol. The lowest BCUT2D eigenvalue weighted by Crippen LogP contribution is -2.00. The molecule has 0 amide bonds. The molecule has 5 nitrogen and oxygen atoms in total. The highest BCUT2D eigenvalue weighted by Crippen LogP contribution is 2.32. The lowest BCUT2D eigenvalue weighted by atomic mass is 10.2. The summed E-state index contributed by atoms with van der Waals surface area (Å²) in [7, 11) is 0. The molecule has 1 aromatic heterocycles. The van der Waals surface area contributed by atoms with Crippen LogP contribution in [-0.4, -0.2) is 9.97 Å². The van der Waals surface area contributed by atoms with E-state index in [1.807, 2.05) is 36.4 Å². The number of halogens is 1. The van der Waals surface area contributed by atoms with Crippen molar-refractivity contribution in [1.82, 2.24) is 9.97 Å². The molecule has 0 aliphatic carbocycles. The van der Waals surface area contributed by atoms with Gasteiger partial charge in [-0.1, -0.05) is 35.9 Å². The summed E-state index contributed by atoms with van der Waals surface area (Å²) < 4.78 is 5.97. The third-order valence-corrected chi connectivity index (χ3v) is 4.19. The number of nitrogens with zero attached hydrogens (tertiary/aromatic N) is 3. The third kappa shape index (κ3) is 3.66. The maximum atomic E-state index is 8.91. The average molecular weight is 373 g/mol. The number of para-hydroxylation sites is 2. The van der Waals surface area contributed by atoms with Gasteiger partial charge in [-0.2, -0.15) is 10.2 Å². The number of hydrogen-bond donors (Lipinski definition) is 1. The zero-order chi connectivity index (χ0) is 18.6. The van der Waals surface area contributed by atoms with E-state index in [9.17, 15) is 0 Å². The van der Waals surface area contributed by atoms with Crippen LogP contribution in [-0.2, 0) is 0 Å². The van der Waals surface area contributed by atoms with Gasteiger partial charge in [0.1, 0.15) is 5.75 Å². The van der Waals surface area contributed by atoms with Gasteiger partial charge in [-0.15, -0.1) is 0 Å². The van der Waals surface area contributed by atoms with Crippen LogP contribution in [0.1, 0.15) is 5.56 Å². The van der Waals surface area contributed by atoms with Crippen LogP contribution in [0.4, 0.5) is 11.6 Å². The van der Waals surface area contributed by atoms with Crippen LogP contribution >= 0.6 is 11.6 Å². The largest absolute Gasteiger partial charge is 0.437 e. The first kappa shape index (κ1) is 16.8. The Bertz CT molecular complexity index is 1150. The highest BCUT2D eigenvalue weighted by Gasteiger charge is 2.11. The van der Waals surface area contributed by atoms with Crippen LogP contribution < -0.4 is 10.1 Å². The predicted molar refractivity (Wildman–Crippen MR) is 106 cm³/mol. The van der Waals surface area contributed by atoms with Gasteiger partial charge in [0.15, 0.2) is 0 Å². The number of ether oxygens (including phenoxy) is 1. The molecule has 0 fully saturated rings. The molecule has 130 valence electrons. The Morgan fingerprint density at radius 1 is 0.889 bits per heavy atom. The van der Waals surface area contributed by atoms with E-state index in [2.05, 4.69) is 21.4 Å². The molecule has 0 bridgehead atoms. The first-order valence-electron chi connectivity index (χ1n) is 8.19. The molecule has 27 heavy (non-hydrogen) atoms. The first-order valence-corrected chi connectivity index (χ1v) is 8.57. The number of nitrogens with one attached hydrogen (secondary N) is 1. The van der Waals surface area contributed by atoms with Crippen molar-refractivity contribution in [3.63, 3.8) is 0 Å². The highest BCUT2D eigenvalue weighted by atomic mass is 35.5. The van der Waals surface area contributed by atoms with Gasteiger partial charge in [-0.25, -0.2) is 4.98 Å². The summed E-state index contributed by atoms with van der Waals surface area (Å²) in [5.41, 5.74) is 2.10. The lowest BCUT2D eigenvalue weighted by Gasteiger charge is -2.12. The molecule has 0 spiro atoms. The van der Waals surface area contributed by atoms with E-state index in [4.69, 9.17) is 21.6 Å². The van der Waals surface area contributed by atoms with Gasteiger partial charge in [-0.05, 0) is 48.5 Å². The molecule has 0 unspecified atom stereocenters. The second-order valence-corrected chi connectivity index (χ2v) is 6.12. The molecular formula is C21H13ClN4O. The minimum absolute atomic E-state index is 0.389. The second-order valence-electron chi connectivity index (χ2n) is 5.72. The Labute approximate surface area is 160 Å². The summed E-state index contributed by atoms with van der Waals surface area (Å²) in [4.78, 5) is 9.04. The molecule has 0 saturated carbocycles. The summed E-state index contributed by atoms with van der Waals surface area (Å²) in [6, 6.07) is 24.0. The van der Waals surface area contributed by atoms with E-state index in [0.29, 0.717) is 28.2 Å². The van der Waals surface area contributed by atoms with Gasteiger partial charge in [0, 0.05) is 5.69 Å². The van der Waals surface area contributed by atoms with Crippen molar-refractivity contribution in [2.75, 3.05) is 5.32 Å². The summed E-state index contributed by atoms with van der Waals surface area (Å²) in [6.07, 6.45) is 0. The monoisotopic (exact) mass is 372 g/mol. The molecule has 0 atom stereocenters. The fourth-order valence-corrected chi connectivity index (χ4v) is 2.74. The van der Waals surface area contributed by atoms with Crippen LogP contribution in [0.5, 0.6) is 11.6 Å². The van der Waals surface area contributed by atoms with Gasteiger partial charge in [0.25, 0.3) is 0 Å². The van der Waals surface area contributed by atoms with E-state index in [1.165, 1.54) is 0 Å². The van der Waals surface area contributed by atoms with Crippen LogP contribution in [0, 0.1) is 11.3 Å². The second kappa shape index (κ2) is 7.32. The zero-order valence-corrected chi connectivity index (χ0v) is 14.8. The quantitative estimate of drug-likeness (QED) is 0.498. The van der Waals surface area contributed by atoms with E-state index >= 15 is 0 Å². The summed E-state index contributed by atoms with van der Waals surface area (Å²) >= 11 is 6.21. The average Bonchev–Trinajstić information content (AvgIpc) is 2.70. The van der Waals surface area contributed by atoms with Crippen LogP contribution in [0.25, 0.3) is 10.9 Å². The SMILES string of the molecule is N#Cc1ccc(Nc2nc(Oc3ccccc3Cl)c3ccccc3n2)cc1. The standard InChI is InChI=1S/C21H13ClN4O/c22-17-6-2-4-8-19(17)27-20-16-5-1-3-7-18(16)25-21(26-20)24-15-11-9-14(13-23)10-12-15/h1-12H,(H,24,25,26). The summed E-state index contributed by atoms with van der Waals surface area (Å²) in [5, 5.41) is 13.3. The Morgan fingerprint density at radius 3 is 2.41 bits per heavy atom. The van der Waals surface area contributed by atoms with Crippen molar-refractivity contribution in [1.29, 1.82) is 5.26 Å². The van der Waals surface area contributed by atoms with E-state index in [0.717, 1.165) is 16.6 Å². The molecule has 0 aliphatic rings. The molecule has 4 rings (SSSR count). The molecule has 1 N–H and O–H groups in total. The highest BCUT2D eigenvalue weighted by molar-refractivity contribution is 6.32. The van der Waals surface area contributed by atoms with Crippen LogP contribution in [0.2, 0.25) is 5.02 Å². The molecule has 3 aromatic carbocycles. The van der Waals surface area contributed by atoms with Gasteiger partial charge in [0.2, 0.25) is 11.8 Å². The minimum Gasteiger partial charge on any atom is -0.437 e. The van der Waals surface area contributed by atoms with E-state index in [-0.39, 0.29) is 0 Å². The fourth-order valence-electron chi connectivity index (χ4n) is 2.57. The molecule has 0 aliphatic heterocycles. The van der Waals surface area contributed by atoms with Crippen molar-refractivity contribution >= 4 is 34.1 Å². The Hall–Kier alpha value is -3.62. The molecule has 1 heterocycles. The van der Waals surface area contributed by atoms with Gasteiger partial charge in [0.05, 0.1) is 27.6 Å². The number of benzene rings is 3. The molecule has 6 heteroatoms. The molecule has 4 aromatic rings. The summed E-state index contributed by atoms with van der Waals surface area (Å²) in [6.45, 7) is 0. The van der Waals surface area contributed by atoms with Gasteiger partial charge in [-0.3, -0.25) is 0 Å². The first-order chi connectivity index (χ1) is 13.2. The Kier molecular flexibility index (Phi) is 4.56. The van der Waals surface area contributed by atoms with Crippen LogP contribution in [0.15, 0.2) is 72.8 Å². The van der Waals surface area contributed by atoms with E-state index < -0.39 is 0 Å². The van der Waals surface area contributed by atoms with Crippen molar-refractivity contribution in [2.45, 2.75) is 0 Å². The van der Waals surface area contributed by atoms with Crippen LogP contribution in [0.3, 0.4) is 0 Å². The van der Waals surface area contributed by atoms with Gasteiger partial charge < -0.3 is 10.1 Å². The smallest absolute Gasteiger partial charge is 0.232 e. The van der Waals surface area contributed by atoms with E-state index in [1.54, 1.807) is 36.4 Å². The maximum Gasteiger partial charge on any atom is 0.232 e. The fraction of sp³-hybridized carbons (Fsp3) is 0. The maximum absolute atomic E-state index is 8.91. The minimum atomic E-state index is 0.389. The van der Waals surface area contributed by atoms with Crippen molar-refractivity contribution in [3.05, 3.63) is 83.4 Å².